The number of hydrogen-bond donors (Lipinski definition) is 4. The van der Waals surface area contributed by atoms with Gasteiger partial charge in [0.15, 0.2) is 5.82 Å². The molecule has 3 saturated heterocycles. The van der Waals surface area contributed by atoms with E-state index in [0.717, 1.165) is 16.4 Å². The number of halogens is 4. The van der Waals surface area contributed by atoms with Gasteiger partial charge in [-0.15, -0.1) is 0 Å². The van der Waals surface area contributed by atoms with Crippen LogP contribution < -0.4 is 20.3 Å². The molecule has 3 aromatic heterocycles. The molecular formula is C44H47F4N11O6S. The second-order valence-electron chi connectivity index (χ2n) is 16.4. The highest BCUT2D eigenvalue weighted by molar-refractivity contribution is 7.90. The number of hydrogen-bond acceptors (Lipinski definition) is 12. The van der Waals surface area contributed by atoms with E-state index in [1.807, 2.05) is 9.80 Å². The molecule has 0 saturated carbocycles. The molecule has 0 aliphatic carbocycles. The molecule has 1 unspecified atom stereocenters. The maximum Gasteiger partial charge on any atom is 0.301 e. The van der Waals surface area contributed by atoms with Gasteiger partial charge in [-0.3, -0.25) is 34.1 Å². The number of anilines is 3. The number of nitrogens with one attached hydrogen (secondary N) is 4. The molecule has 17 nitrogen and oxygen atoms in total. The van der Waals surface area contributed by atoms with Crippen molar-refractivity contribution in [3.63, 3.8) is 0 Å². The number of carbonyl (C=O) groups is 4. The summed E-state index contributed by atoms with van der Waals surface area (Å²) >= 11 is 0. The molecule has 348 valence electrons. The molecule has 66 heavy (non-hydrogen) atoms. The van der Waals surface area contributed by atoms with E-state index in [0.29, 0.717) is 80.4 Å². The van der Waals surface area contributed by atoms with Crippen LogP contribution in [0, 0.1) is 11.6 Å². The predicted molar refractivity (Wildman–Crippen MR) is 236 cm³/mol. The molecule has 8 rings (SSSR count). The van der Waals surface area contributed by atoms with E-state index in [9.17, 15) is 36.4 Å². The molecule has 6 heterocycles. The predicted octanol–water partition coefficient (Wildman–Crippen LogP) is 4.82. The largest absolute Gasteiger partial charge is 0.374 e. The van der Waals surface area contributed by atoms with Gasteiger partial charge >= 0.3 is 10.2 Å². The summed E-state index contributed by atoms with van der Waals surface area (Å²) in [7, 11) is -2.89. The lowest BCUT2D eigenvalue weighted by Gasteiger charge is -2.37. The van der Waals surface area contributed by atoms with Crippen molar-refractivity contribution in [2.24, 2.45) is 0 Å². The highest BCUT2D eigenvalue weighted by Crippen LogP contribution is 2.37. The van der Waals surface area contributed by atoms with Crippen LogP contribution in [0.25, 0.3) is 22.2 Å². The van der Waals surface area contributed by atoms with Gasteiger partial charge in [0.1, 0.15) is 17.5 Å². The maximum atomic E-state index is 15.6. The monoisotopic (exact) mass is 933 g/mol. The minimum absolute atomic E-state index is 0.0328. The van der Waals surface area contributed by atoms with E-state index in [4.69, 9.17) is 0 Å². The number of fused-ring (bicyclic) bond motifs is 1. The van der Waals surface area contributed by atoms with Crippen molar-refractivity contribution >= 4 is 62.1 Å². The highest BCUT2D eigenvalue weighted by Gasteiger charge is 2.31. The van der Waals surface area contributed by atoms with Crippen molar-refractivity contribution < 1.29 is 45.2 Å². The average Bonchev–Trinajstić information content (AvgIpc) is 3.74. The summed E-state index contributed by atoms with van der Waals surface area (Å²) in [5, 5.41) is 5.50. The van der Waals surface area contributed by atoms with E-state index in [-0.39, 0.29) is 65.8 Å². The molecule has 22 heteroatoms. The summed E-state index contributed by atoms with van der Waals surface area (Å²) in [6, 6.07) is 7.39. The third-order valence-corrected chi connectivity index (χ3v) is 13.9. The van der Waals surface area contributed by atoms with Crippen molar-refractivity contribution in [1.29, 1.82) is 0 Å². The van der Waals surface area contributed by atoms with Crippen LogP contribution in [0.5, 0.6) is 0 Å². The number of aromatic nitrogens is 4. The Kier molecular flexibility index (Phi) is 13.3. The number of piperidine rings is 2. The highest BCUT2D eigenvalue weighted by atomic mass is 32.2. The molecule has 3 aliphatic heterocycles. The second-order valence-corrected chi connectivity index (χ2v) is 18.2. The summed E-state index contributed by atoms with van der Waals surface area (Å²) in [4.78, 5) is 72.8. The van der Waals surface area contributed by atoms with Gasteiger partial charge in [-0.25, -0.2) is 32.5 Å². The number of carbonyl (C=O) groups excluding carboxylic acids is 4. The fraction of sp³-hybridized carbons (Fsp3) is 0.386. The number of pyridine rings is 1. The van der Waals surface area contributed by atoms with Crippen LogP contribution in [0.1, 0.15) is 72.0 Å². The Morgan fingerprint density at radius 3 is 2.32 bits per heavy atom. The molecule has 3 fully saturated rings. The molecule has 1 atom stereocenters. The van der Waals surface area contributed by atoms with Gasteiger partial charge in [0.05, 0.1) is 17.8 Å². The fourth-order valence-electron chi connectivity index (χ4n) is 8.45. The number of likely N-dealkylation sites (tertiary alicyclic amines) is 1. The van der Waals surface area contributed by atoms with Crippen LogP contribution in [0.2, 0.25) is 0 Å². The first-order chi connectivity index (χ1) is 31.6. The van der Waals surface area contributed by atoms with Gasteiger partial charge in [-0.2, -0.15) is 12.7 Å². The summed E-state index contributed by atoms with van der Waals surface area (Å²) in [5.74, 6) is -4.12. The zero-order valence-corrected chi connectivity index (χ0v) is 36.8. The van der Waals surface area contributed by atoms with E-state index in [2.05, 4.69) is 35.3 Å². The smallest absolute Gasteiger partial charge is 0.301 e. The number of aromatic amines is 1. The molecule has 2 aromatic carbocycles. The van der Waals surface area contributed by atoms with Gasteiger partial charge in [0.25, 0.3) is 6.43 Å². The number of piperazine rings is 1. The Hall–Kier alpha value is -6.52. The third kappa shape index (κ3) is 9.70. The first kappa shape index (κ1) is 46.0. The van der Waals surface area contributed by atoms with Crippen LogP contribution in [-0.4, -0.2) is 131 Å². The number of alkyl halides is 2. The number of nitrogens with zero attached hydrogens (tertiary/aromatic N) is 7. The number of ketones is 1. The fourth-order valence-corrected chi connectivity index (χ4v) is 9.38. The molecule has 4 N–H and O–H groups in total. The van der Waals surface area contributed by atoms with E-state index < -0.39 is 57.3 Å². The van der Waals surface area contributed by atoms with Gasteiger partial charge in [-0.1, -0.05) is 13.0 Å². The minimum Gasteiger partial charge on any atom is -0.374 e. The Labute approximate surface area is 377 Å². The topological polar surface area (TPSA) is 206 Å². The van der Waals surface area contributed by atoms with Crippen LogP contribution in [0.4, 0.5) is 34.9 Å². The van der Waals surface area contributed by atoms with Crippen LogP contribution in [0.15, 0.2) is 61.2 Å². The van der Waals surface area contributed by atoms with Crippen molar-refractivity contribution in [2.75, 3.05) is 74.3 Å². The molecule has 3 aliphatic rings. The first-order valence-electron chi connectivity index (χ1n) is 21.4. The van der Waals surface area contributed by atoms with E-state index in [1.165, 1.54) is 25.5 Å². The van der Waals surface area contributed by atoms with E-state index >= 15 is 8.78 Å². The molecule has 0 radical (unpaired) electrons. The van der Waals surface area contributed by atoms with Crippen molar-refractivity contribution in [2.45, 2.75) is 51.0 Å². The lowest BCUT2D eigenvalue weighted by Crippen LogP contribution is -2.52. The standard InChI is InChI=1S/C44H47F4N11O6S/c1-3-56(2)66(64,65)55-34-7-6-33(45)38(39(34)46)40(62)32-23-50-42-31(32)18-26(20-49-42)27-21-51-44(52-22-27)59-16-14-58(15-17-59)37(61)24-57-12-10-25(11-13-57)29-5-4-28(19-30(29)41(47)48)53-35-8-9-36(60)54-43(35)63/h4-7,18-23,25,35,41,53,55H,3,8-17,24H2,1-2H3,(H,49,50)(H,54,60,63). The lowest BCUT2D eigenvalue weighted by molar-refractivity contribution is -0.134. The minimum atomic E-state index is -4.17. The molecular weight excluding hydrogens is 887 g/mol. The lowest BCUT2D eigenvalue weighted by atomic mass is 9.86. The number of benzene rings is 2. The van der Waals surface area contributed by atoms with E-state index in [1.54, 1.807) is 42.4 Å². The van der Waals surface area contributed by atoms with Gasteiger partial charge in [0.2, 0.25) is 29.5 Å². The molecule has 0 bridgehead atoms. The Bertz CT molecular complexity index is 2780. The van der Waals surface area contributed by atoms with Gasteiger partial charge in [-0.05, 0) is 74.2 Å². The summed E-state index contributed by atoms with van der Waals surface area (Å²) < 4.78 is 87.3. The molecule has 5 aromatic rings. The number of amides is 3. The van der Waals surface area contributed by atoms with Crippen molar-refractivity contribution in [3.05, 3.63) is 95.1 Å². The van der Waals surface area contributed by atoms with Crippen molar-refractivity contribution in [3.8, 4) is 11.1 Å². The third-order valence-electron chi connectivity index (χ3n) is 12.4. The Morgan fingerprint density at radius 1 is 0.924 bits per heavy atom. The van der Waals surface area contributed by atoms with Crippen LogP contribution in [-0.2, 0) is 24.6 Å². The van der Waals surface area contributed by atoms with Gasteiger partial charge < -0.3 is 20.1 Å². The molecule has 3 amide bonds. The maximum absolute atomic E-state index is 15.6. The van der Waals surface area contributed by atoms with Gasteiger partial charge in [0, 0.05) is 104 Å². The quantitative estimate of drug-likeness (QED) is 0.0673. The van der Waals surface area contributed by atoms with Crippen LogP contribution >= 0.6 is 0 Å². The Balaban J connectivity index is 0.848. The average molecular weight is 934 g/mol. The second kappa shape index (κ2) is 19.1. The summed E-state index contributed by atoms with van der Waals surface area (Å²) in [6.07, 6.45) is 4.90. The Morgan fingerprint density at radius 2 is 1.64 bits per heavy atom. The zero-order valence-electron chi connectivity index (χ0n) is 36.0. The SMILES string of the molecule is CCN(C)S(=O)(=O)Nc1ccc(F)c(C(=O)c2c[nH]c3ncc(-c4cnc(N5CCN(C(=O)CN6CCC(c7ccc(NC8CCC(=O)NC8=O)cc7C(F)F)CC6)CC5)nc4)cc23)c1F. The molecule has 0 spiro atoms. The summed E-state index contributed by atoms with van der Waals surface area (Å²) in [6.45, 7) is 4.83. The number of rotatable bonds is 14. The summed E-state index contributed by atoms with van der Waals surface area (Å²) in [5.41, 5.74) is 0.555. The number of imide groups is 1. The number of H-pyrrole nitrogens is 1. The van der Waals surface area contributed by atoms with Crippen molar-refractivity contribution in [1.82, 2.24) is 39.4 Å². The normalized spacial score (nSPS) is 17.7. The first-order valence-corrected chi connectivity index (χ1v) is 22.9. The van der Waals surface area contributed by atoms with Crippen LogP contribution in [0.3, 0.4) is 0 Å². The zero-order chi connectivity index (χ0) is 46.9.